The van der Waals surface area contributed by atoms with E-state index in [4.69, 9.17) is 14.2 Å². The van der Waals surface area contributed by atoms with Gasteiger partial charge < -0.3 is 24.2 Å². The maximum Gasteiger partial charge on any atom is 0.508 e. The van der Waals surface area contributed by atoms with E-state index in [-0.39, 0.29) is 31.6 Å². The van der Waals surface area contributed by atoms with Crippen LogP contribution in [0.15, 0.2) is 30.3 Å². The number of β-lactam (4-membered cyclic amide) rings is 1. The Morgan fingerprint density at radius 3 is 2.37 bits per heavy atom. The molecule has 8 nitrogen and oxygen atoms in total. The molecule has 1 aromatic carbocycles. The zero-order valence-corrected chi connectivity index (χ0v) is 18.2. The molecule has 0 aromatic heterocycles. The van der Waals surface area contributed by atoms with E-state index in [1.54, 1.807) is 34.6 Å². The minimum Gasteiger partial charge on any atom is -0.459 e. The second kappa shape index (κ2) is 9.93. The molecule has 0 unspecified atom stereocenters. The van der Waals surface area contributed by atoms with Gasteiger partial charge in [-0.25, -0.2) is 4.79 Å². The number of ether oxygens (including phenoxy) is 3. The van der Waals surface area contributed by atoms with Crippen LogP contribution in [-0.2, 0) is 30.4 Å². The molecule has 0 aliphatic carbocycles. The first kappa shape index (κ1) is 23.7. The maximum absolute atomic E-state index is 12.7. The number of aliphatic hydroxyl groups is 1. The predicted molar refractivity (Wildman–Crippen MR) is 108 cm³/mol. The highest BCUT2D eigenvalue weighted by atomic mass is 16.7. The van der Waals surface area contributed by atoms with Crippen LogP contribution in [0.1, 0.15) is 40.2 Å². The second-order valence-corrected chi connectivity index (χ2v) is 8.58. The summed E-state index contributed by atoms with van der Waals surface area (Å²) in [6.07, 6.45) is -1.64. The van der Waals surface area contributed by atoms with Crippen molar-refractivity contribution in [1.82, 2.24) is 4.90 Å². The van der Waals surface area contributed by atoms with Crippen LogP contribution in [0, 0.1) is 11.8 Å². The summed E-state index contributed by atoms with van der Waals surface area (Å²) in [6, 6.07) is 8.71. The van der Waals surface area contributed by atoms with Gasteiger partial charge >= 0.3 is 12.1 Å². The molecule has 30 heavy (non-hydrogen) atoms. The first-order valence-electron chi connectivity index (χ1n) is 10.0. The fraction of sp³-hybridized carbons (Fsp3) is 0.591. The highest BCUT2D eigenvalue weighted by molar-refractivity contribution is 5.90. The number of benzene rings is 1. The zero-order chi connectivity index (χ0) is 22.5. The molecule has 0 bridgehead atoms. The van der Waals surface area contributed by atoms with Gasteiger partial charge in [-0.05, 0) is 33.3 Å². The first-order valence-corrected chi connectivity index (χ1v) is 10.0. The topological polar surface area (TPSA) is 102 Å². The van der Waals surface area contributed by atoms with E-state index in [1.165, 1.54) is 4.90 Å². The molecule has 0 spiro atoms. The number of nitrogens with zero attached hydrogens (tertiary/aromatic N) is 1. The van der Waals surface area contributed by atoms with Crippen molar-refractivity contribution in [1.29, 1.82) is 0 Å². The highest BCUT2D eigenvalue weighted by Gasteiger charge is 2.54. The summed E-state index contributed by atoms with van der Waals surface area (Å²) in [7, 11) is 0. The average molecular weight is 421 g/mol. The molecule has 1 amide bonds. The number of hydrogen-bond donors (Lipinski definition) is 1. The molecule has 0 radical (unpaired) electrons. The van der Waals surface area contributed by atoms with Gasteiger partial charge in [-0.1, -0.05) is 37.3 Å². The van der Waals surface area contributed by atoms with Crippen LogP contribution >= 0.6 is 0 Å². The summed E-state index contributed by atoms with van der Waals surface area (Å²) >= 11 is 0. The van der Waals surface area contributed by atoms with Crippen molar-refractivity contribution in [2.24, 2.45) is 11.8 Å². The Hall–Kier alpha value is -2.61. The third-order valence-electron chi connectivity index (χ3n) is 4.87. The lowest BCUT2D eigenvalue weighted by molar-refractivity contribution is -0.180. The molecule has 1 heterocycles. The molecular weight excluding hydrogens is 390 g/mol. The minimum atomic E-state index is -0.875. The molecule has 1 N–H and O–H groups in total. The molecule has 1 saturated heterocycles. The summed E-state index contributed by atoms with van der Waals surface area (Å²) in [5.74, 6) is -1.82. The lowest BCUT2D eigenvalue weighted by atomic mass is 9.76. The van der Waals surface area contributed by atoms with Gasteiger partial charge in [-0.3, -0.25) is 9.59 Å². The number of amides is 1. The number of hydrogen-bond acceptors (Lipinski definition) is 7. The smallest absolute Gasteiger partial charge is 0.459 e. The van der Waals surface area contributed by atoms with Gasteiger partial charge in [-0.15, -0.1) is 0 Å². The van der Waals surface area contributed by atoms with Crippen LogP contribution in [0.5, 0.6) is 0 Å². The summed E-state index contributed by atoms with van der Waals surface area (Å²) in [4.78, 5) is 38.3. The van der Waals surface area contributed by atoms with E-state index in [1.807, 2.05) is 30.3 Å². The Balaban J connectivity index is 1.96. The van der Waals surface area contributed by atoms with Crippen LogP contribution < -0.4 is 0 Å². The van der Waals surface area contributed by atoms with E-state index in [0.717, 1.165) is 5.56 Å². The fourth-order valence-electron chi connectivity index (χ4n) is 3.52. The Bertz CT molecular complexity index is 744. The van der Waals surface area contributed by atoms with Crippen molar-refractivity contribution in [3.8, 4) is 0 Å². The molecule has 8 heteroatoms. The normalized spacial score (nSPS) is 20.7. The van der Waals surface area contributed by atoms with E-state index < -0.39 is 35.8 Å². The summed E-state index contributed by atoms with van der Waals surface area (Å²) in [5.41, 5.74) is 0.152. The van der Waals surface area contributed by atoms with E-state index in [2.05, 4.69) is 0 Å². The van der Waals surface area contributed by atoms with Crippen LogP contribution in [0.25, 0.3) is 0 Å². The van der Waals surface area contributed by atoms with Crippen LogP contribution in [-0.4, -0.2) is 58.9 Å². The lowest BCUT2D eigenvalue weighted by Crippen LogP contribution is -2.68. The van der Waals surface area contributed by atoms with Crippen LogP contribution in [0.3, 0.4) is 0 Å². The van der Waals surface area contributed by atoms with Gasteiger partial charge in [-0.2, -0.15) is 0 Å². The van der Waals surface area contributed by atoms with E-state index >= 15 is 0 Å². The Morgan fingerprint density at radius 2 is 1.80 bits per heavy atom. The van der Waals surface area contributed by atoms with Crippen molar-refractivity contribution in [2.45, 2.75) is 59.0 Å². The van der Waals surface area contributed by atoms with Gasteiger partial charge in [0.25, 0.3) is 0 Å². The average Bonchev–Trinajstić information content (AvgIpc) is 2.67. The Morgan fingerprint density at radius 1 is 1.17 bits per heavy atom. The van der Waals surface area contributed by atoms with Crippen LogP contribution in [0.4, 0.5) is 4.79 Å². The standard InChI is InChI=1S/C22H31NO7/c1-14(12-24)19-18(20(26)23(19)11-17(25)30-22(3,4)5)15(2)29-21(27)28-13-16-9-7-6-8-10-16/h6-10,14-15,18-19,24H,11-13H2,1-5H3/t14-,15+,18+,19-/m0/s1. The molecule has 1 aliphatic rings. The maximum atomic E-state index is 12.7. The third kappa shape index (κ3) is 6.19. The van der Waals surface area contributed by atoms with Gasteiger partial charge in [0, 0.05) is 12.5 Å². The minimum absolute atomic E-state index is 0.0618. The number of likely N-dealkylation sites (tertiary alicyclic amines) is 1. The summed E-state index contributed by atoms with van der Waals surface area (Å²) in [6.45, 7) is 8.29. The summed E-state index contributed by atoms with van der Waals surface area (Å²) < 4.78 is 15.7. The number of carbonyl (C=O) groups excluding carboxylic acids is 3. The van der Waals surface area contributed by atoms with Crippen molar-refractivity contribution in [3.05, 3.63) is 35.9 Å². The molecule has 2 rings (SSSR count). The summed E-state index contributed by atoms with van der Waals surface area (Å²) in [5, 5.41) is 9.60. The molecule has 1 aliphatic heterocycles. The molecule has 1 aromatic rings. The molecule has 166 valence electrons. The molecule has 4 atom stereocenters. The molecule has 1 fully saturated rings. The third-order valence-corrected chi connectivity index (χ3v) is 4.87. The van der Waals surface area contributed by atoms with Crippen molar-refractivity contribution in [2.75, 3.05) is 13.2 Å². The number of aliphatic hydroxyl groups excluding tert-OH is 1. The first-order chi connectivity index (χ1) is 14.0. The predicted octanol–water partition coefficient (Wildman–Crippen LogP) is 2.53. The van der Waals surface area contributed by atoms with E-state index in [0.29, 0.717) is 0 Å². The van der Waals surface area contributed by atoms with Crippen molar-refractivity contribution >= 4 is 18.0 Å². The zero-order valence-electron chi connectivity index (χ0n) is 18.2. The van der Waals surface area contributed by atoms with Gasteiger partial charge in [0.15, 0.2) is 0 Å². The largest absolute Gasteiger partial charge is 0.508 e. The quantitative estimate of drug-likeness (QED) is 0.508. The van der Waals surface area contributed by atoms with Gasteiger partial charge in [0.2, 0.25) is 5.91 Å². The number of rotatable bonds is 8. The Kier molecular flexibility index (Phi) is 7.83. The molecule has 0 saturated carbocycles. The van der Waals surface area contributed by atoms with Crippen molar-refractivity contribution < 1.29 is 33.7 Å². The van der Waals surface area contributed by atoms with Crippen molar-refractivity contribution in [3.63, 3.8) is 0 Å². The van der Waals surface area contributed by atoms with Crippen LogP contribution in [0.2, 0.25) is 0 Å². The number of carbonyl (C=O) groups is 3. The SMILES string of the molecule is C[C@@H](CO)[C@H]1[C@@H]([C@@H](C)OC(=O)OCc2ccccc2)C(=O)N1CC(=O)OC(C)(C)C. The number of esters is 1. The van der Waals surface area contributed by atoms with Gasteiger partial charge in [0.1, 0.15) is 24.9 Å². The lowest BCUT2D eigenvalue weighted by Gasteiger charge is -2.50. The fourth-order valence-corrected chi connectivity index (χ4v) is 3.52. The second-order valence-electron chi connectivity index (χ2n) is 8.58. The van der Waals surface area contributed by atoms with Gasteiger partial charge in [0.05, 0.1) is 12.0 Å². The highest BCUT2D eigenvalue weighted by Crippen LogP contribution is 2.36. The molecular formula is C22H31NO7. The monoisotopic (exact) mass is 421 g/mol. The Labute approximate surface area is 177 Å². The van der Waals surface area contributed by atoms with E-state index in [9.17, 15) is 19.5 Å².